The molecule has 138 valence electrons. The van der Waals surface area contributed by atoms with Gasteiger partial charge in [-0.05, 0) is 55.7 Å². The first-order valence-corrected chi connectivity index (χ1v) is 8.95. The standard InChI is InChI=1S/C22H23N3O2/c1-15-7-4-5-10-20(15)18-8-6-9-19(14-18)21(26)23-11-12-25-17(3)13-16(2)24-22(25)27/h4-10,13-14H,11-12H2,1-3H3,(H,23,26). The van der Waals surface area contributed by atoms with E-state index < -0.39 is 0 Å². The molecule has 1 amide bonds. The maximum Gasteiger partial charge on any atom is 0.348 e. The second-order valence-corrected chi connectivity index (χ2v) is 6.62. The normalized spacial score (nSPS) is 10.6. The van der Waals surface area contributed by atoms with Crippen molar-refractivity contribution in [2.45, 2.75) is 27.3 Å². The van der Waals surface area contributed by atoms with E-state index in [1.54, 1.807) is 17.6 Å². The quantitative estimate of drug-likeness (QED) is 0.759. The lowest BCUT2D eigenvalue weighted by Crippen LogP contribution is -2.33. The van der Waals surface area contributed by atoms with E-state index in [-0.39, 0.29) is 11.6 Å². The number of nitrogens with zero attached hydrogens (tertiary/aromatic N) is 2. The van der Waals surface area contributed by atoms with Gasteiger partial charge in [0.1, 0.15) is 0 Å². The molecule has 5 heteroatoms. The Morgan fingerprint density at radius 2 is 1.81 bits per heavy atom. The van der Waals surface area contributed by atoms with Crippen molar-refractivity contribution in [2.24, 2.45) is 0 Å². The molecule has 1 heterocycles. The number of hydrogen-bond donors (Lipinski definition) is 1. The van der Waals surface area contributed by atoms with Crippen molar-refractivity contribution in [3.8, 4) is 11.1 Å². The van der Waals surface area contributed by atoms with Crippen molar-refractivity contribution in [1.29, 1.82) is 0 Å². The van der Waals surface area contributed by atoms with Gasteiger partial charge in [-0.2, -0.15) is 4.98 Å². The summed E-state index contributed by atoms with van der Waals surface area (Å²) in [5.74, 6) is -0.156. The Bertz CT molecular complexity index is 1040. The smallest absolute Gasteiger partial charge is 0.348 e. The largest absolute Gasteiger partial charge is 0.350 e. The lowest BCUT2D eigenvalue weighted by Gasteiger charge is -2.11. The highest BCUT2D eigenvalue weighted by molar-refractivity contribution is 5.95. The Labute approximate surface area is 158 Å². The van der Waals surface area contributed by atoms with Crippen LogP contribution in [0.25, 0.3) is 11.1 Å². The maximum absolute atomic E-state index is 12.5. The maximum atomic E-state index is 12.5. The molecule has 0 spiro atoms. The molecule has 0 unspecified atom stereocenters. The van der Waals surface area contributed by atoms with E-state index in [4.69, 9.17) is 0 Å². The van der Waals surface area contributed by atoms with Gasteiger partial charge in [0.05, 0.1) is 0 Å². The predicted molar refractivity (Wildman–Crippen MR) is 107 cm³/mol. The van der Waals surface area contributed by atoms with Crippen LogP contribution in [0.3, 0.4) is 0 Å². The highest BCUT2D eigenvalue weighted by atomic mass is 16.2. The number of amides is 1. The van der Waals surface area contributed by atoms with E-state index in [9.17, 15) is 9.59 Å². The van der Waals surface area contributed by atoms with Crippen LogP contribution in [0.5, 0.6) is 0 Å². The zero-order valence-corrected chi connectivity index (χ0v) is 15.8. The molecule has 5 nitrogen and oxygen atoms in total. The van der Waals surface area contributed by atoms with Gasteiger partial charge in [0.15, 0.2) is 0 Å². The fourth-order valence-electron chi connectivity index (χ4n) is 3.15. The van der Waals surface area contributed by atoms with Crippen LogP contribution in [0.2, 0.25) is 0 Å². The van der Waals surface area contributed by atoms with Gasteiger partial charge in [-0.15, -0.1) is 0 Å². The molecule has 0 fully saturated rings. The van der Waals surface area contributed by atoms with Crippen molar-refractivity contribution in [3.05, 3.63) is 87.6 Å². The number of aromatic nitrogens is 2. The van der Waals surface area contributed by atoms with Gasteiger partial charge >= 0.3 is 5.69 Å². The Morgan fingerprint density at radius 3 is 2.56 bits per heavy atom. The lowest BCUT2D eigenvalue weighted by molar-refractivity contribution is 0.0952. The van der Waals surface area contributed by atoms with Crippen LogP contribution in [0.1, 0.15) is 27.3 Å². The Hall–Kier alpha value is -3.21. The van der Waals surface area contributed by atoms with Crippen molar-refractivity contribution in [2.75, 3.05) is 6.54 Å². The Kier molecular flexibility index (Phi) is 5.50. The summed E-state index contributed by atoms with van der Waals surface area (Å²) in [6.07, 6.45) is 0. The van der Waals surface area contributed by atoms with Crippen molar-refractivity contribution < 1.29 is 4.79 Å². The number of nitrogens with one attached hydrogen (secondary N) is 1. The summed E-state index contributed by atoms with van der Waals surface area (Å²) < 4.78 is 1.57. The zero-order chi connectivity index (χ0) is 19.4. The molecule has 0 aliphatic carbocycles. The number of aryl methyl sites for hydroxylation is 3. The van der Waals surface area contributed by atoms with Crippen molar-refractivity contribution in [1.82, 2.24) is 14.9 Å². The second-order valence-electron chi connectivity index (χ2n) is 6.62. The molecule has 0 atom stereocenters. The summed E-state index contributed by atoms with van der Waals surface area (Å²) in [5, 5.41) is 2.88. The van der Waals surface area contributed by atoms with Gasteiger partial charge in [-0.3, -0.25) is 9.36 Å². The van der Waals surface area contributed by atoms with Crippen molar-refractivity contribution in [3.63, 3.8) is 0 Å². The first-order chi connectivity index (χ1) is 13.0. The molecule has 0 saturated heterocycles. The van der Waals surface area contributed by atoms with Gasteiger partial charge in [-0.25, -0.2) is 4.79 Å². The topological polar surface area (TPSA) is 64.0 Å². The highest BCUT2D eigenvalue weighted by Crippen LogP contribution is 2.23. The predicted octanol–water partition coefficient (Wildman–Crippen LogP) is 3.27. The molecule has 0 bridgehead atoms. The molecule has 2 aromatic carbocycles. The van der Waals surface area contributed by atoms with E-state index in [0.29, 0.717) is 24.3 Å². The van der Waals surface area contributed by atoms with Crippen LogP contribution in [-0.2, 0) is 6.54 Å². The summed E-state index contributed by atoms with van der Waals surface area (Å²) >= 11 is 0. The Morgan fingerprint density at radius 1 is 1.04 bits per heavy atom. The fraction of sp³-hybridized carbons (Fsp3) is 0.227. The van der Waals surface area contributed by atoms with E-state index >= 15 is 0 Å². The number of benzene rings is 2. The molecule has 0 saturated carbocycles. The van der Waals surface area contributed by atoms with Gasteiger partial charge in [0, 0.05) is 30.0 Å². The van der Waals surface area contributed by atoms with Crippen LogP contribution < -0.4 is 11.0 Å². The molecule has 27 heavy (non-hydrogen) atoms. The number of rotatable bonds is 5. The minimum absolute atomic E-state index is 0.156. The van der Waals surface area contributed by atoms with E-state index in [1.165, 1.54) is 0 Å². The van der Waals surface area contributed by atoms with Crippen LogP contribution in [-0.4, -0.2) is 22.0 Å². The fourth-order valence-corrected chi connectivity index (χ4v) is 3.15. The summed E-state index contributed by atoms with van der Waals surface area (Å²) in [5.41, 5.74) is 5.13. The molecule has 1 N–H and O–H groups in total. The van der Waals surface area contributed by atoms with E-state index in [2.05, 4.69) is 23.3 Å². The van der Waals surface area contributed by atoms with Gasteiger partial charge in [-0.1, -0.05) is 36.4 Å². The summed E-state index contributed by atoms with van der Waals surface area (Å²) in [7, 11) is 0. The van der Waals surface area contributed by atoms with Crippen LogP contribution >= 0.6 is 0 Å². The molecule has 3 rings (SSSR count). The van der Waals surface area contributed by atoms with Crippen LogP contribution in [0.15, 0.2) is 59.4 Å². The third-order valence-electron chi connectivity index (χ3n) is 4.55. The SMILES string of the molecule is Cc1cc(C)n(CCNC(=O)c2cccc(-c3ccccc3C)c2)c(=O)n1. The summed E-state index contributed by atoms with van der Waals surface area (Å²) in [6.45, 7) is 6.46. The number of carbonyl (C=O) groups is 1. The molecule has 3 aromatic rings. The van der Waals surface area contributed by atoms with Gasteiger partial charge in [0.2, 0.25) is 0 Å². The average molecular weight is 361 g/mol. The van der Waals surface area contributed by atoms with Crippen LogP contribution in [0, 0.1) is 20.8 Å². The van der Waals surface area contributed by atoms with Crippen LogP contribution in [0.4, 0.5) is 0 Å². The monoisotopic (exact) mass is 361 g/mol. The molecular weight excluding hydrogens is 338 g/mol. The third-order valence-corrected chi connectivity index (χ3v) is 4.55. The molecule has 0 radical (unpaired) electrons. The first kappa shape index (κ1) is 18.6. The minimum atomic E-state index is -0.289. The summed E-state index contributed by atoms with van der Waals surface area (Å²) in [6, 6.07) is 17.5. The Balaban J connectivity index is 1.70. The third kappa shape index (κ3) is 4.31. The molecule has 0 aliphatic heterocycles. The average Bonchev–Trinajstić information content (AvgIpc) is 2.64. The number of carbonyl (C=O) groups excluding carboxylic acids is 1. The summed E-state index contributed by atoms with van der Waals surface area (Å²) in [4.78, 5) is 28.4. The first-order valence-electron chi connectivity index (χ1n) is 8.95. The lowest BCUT2D eigenvalue weighted by atomic mass is 9.99. The van der Waals surface area contributed by atoms with E-state index in [0.717, 1.165) is 22.4 Å². The zero-order valence-electron chi connectivity index (χ0n) is 15.8. The van der Waals surface area contributed by atoms with Crippen molar-refractivity contribution >= 4 is 5.91 Å². The number of hydrogen-bond acceptors (Lipinski definition) is 3. The minimum Gasteiger partial charge on any atom is -0.350 e. The van der Waals surface area contributed by atoms with Gasteiger partial charge in [0.25, 0.3) is 5.91 Å². The molecule has 1 aromatic heterocycles. The molecular formula is C22H23N3O2. The van der Waals surface area contributed by atoms with Gasteiger partial charge < -0.3 is 5.32 Å². The van der Waals surface area contributed by atoms with E-state index in [1.807, 2.05) is 49.4 Å². The second kappa shape index (κ2) is 7.99. The highest BCUT2D eigenvalue weighted by Gasteiger charge is 2.09. The molecule has 0 aliphatic rings.